The summed E-state index contributed by atoms with van der Waals surface area (Å²) in [6, 6.07) is 7.65. The molecule has 0 aliphatic heterocycles. The van der Waals surface area contributed by atoms with Gasteiger partial charge in [-0.2, -0.15) is 0 Å². The van der Waals surface area contributed by atoms with E-state index in [1.807, 2.05) is 17.5 Å². The molecule has 1 atom stereocenters. The Morgan fingerprint density at radius 3 is 2.53 bits per heavy atom. The number of thiophene rings is 1. The van der Waals surface area contributed by atoms with Crippen molar-refractivity contribution in [3.63, 3.8) is 0 Å². The highest BCUT2D eigenvalue weighted by Crippen LogP contribution is 2.34. The SMILES string of the molecule is C=C/C(Br)=C(\C(F)=C(C)C)C(C(=O)NC1CCCCC1)N(C(=O)Cc1cccs1)c1cccc(F)c1. The van der Waals surface area contributed by atoms with Crippen LogP contribution in [0.3, 0.4) is 0 Å². The Balaban J connectivity index is 2.19. The van der Waals surface area contributed by atoms with Crippen molar-refractivity contribution in [3.05, 3.63) is 86.6 Å². The fraction of sp³-hybridized carbons (Fsp3) is 0.357. The fourth-order valence-electron chi connectivity index (χ4n) is 4.35. The topological polar surface area (TPSA) is 49.4 Å². The van der Waals surface area contributed by atoms with Gasteiger partial charge in [-0.25, -0.2) is 8.78 Å². The fourth-order valence-corrected chi connectivity index (χ4v) is 5.44. The summed E-state index contributed by atoms with van der Waals surface area (Å²) in [5, 5.41) is 4.90. The minimum atomic E-state index is -1.39. The molecule has 1 aromatic carbocycles. The van der Waals surface area contributed by atoms with Crippen molar-refractivity contribution in [3.8, 4) is 0 Å². The molecule has 2 aromatic rings. The zero-order valence-electron chi connectivity index (χ0n) is 20.5. The molecule has 1 fully saturated rings. The summed E-state index contributed by atoms with van der Waals surface area (Å²) in [6.45, 7) is 6.93. The summed E-state index contributed by atoms with van der Waals surface area (Å²) in [4.78, 5) is 29.7. The first-order valence-corrected chi connectivity index (χ1v) is 13.7. The highest BCUT2D eigenvalue weighted by atomic mass is 79.9. The van der Waals surface area contributed by atoms with E-state index in [0.717, 1.165) is 37.0 Å². The monoisotopic (exact) mass is 576 g/mol. The van der Waals surface area contributed by atoms with E-state index < -0.39 is 29.5 Å². The summed E-state index contributed by atoms with van der Waals surface area (Å²) >= 11 is 4.77. The van der Waals surface area contributed by atoms with Crippen molar-refractivity contribution in [1.82, 2.24) is 5.32 Å². The normalized spacial score (nSPS) is 15.5. The number of nitrogens with one attached hydrogen (secondary N) is 1. The van der Waals surface area contributed by atoms with Crippen LogP contribution >= 0.6 is 27.3 Å². The number of halogens is 3. The number of rotatable bonds is 9. The Labute approximate surface area is 223 Å². The maximum Gasteiger partial charge on any atom is 0.248 e. The van der Waals surface area contributed by atoms with Crippen LogP contribution in [0.4, 0.5) is 14.5 Å². The van der Waals surface area contributed by atoms with E-state index in [2.05, 4.69) is 27.8 Å². The van der Waals surface area contributed by atoms with Crippen LogP contribution < -0.4 is 10.2 Å². The molecular weight excluding hydrogens is 546 g/mol. The van der Waals surface area contributed by atoms with Gasteiger partial charge in [-0.05, 0) is 61.9 Å². The smallest absolute Gasteiger partial charge is 0.248 e. The number of carbonyl (C=O) groups excluding carboxylic acids is 2. The number of nitrogens with zero attached hydrogens (tertiary/aromatic N) is 1. The van der Waals surface area contributed by atoms with Crippen LogP contribution in [0, 0.1) is 5.82 Å². The van der Waals surface area contributed by atoms with Crippen molar-refractivity contribution in [1.29, 1.82) is 0 Å². The zero-order valence-corrected chi connectivity index (χ0v) is 22.9. The number of anilines is 1. The predicted octanol–water partition coefficient (Wildman–Crippen LogP) is 7.38. The number of carbonyl (C=O) groups is 2. The molecule has 1 unspecified atom stereocenters. The van der Waals surface area contributed by atoms with Crippen LogP contribution in [-0.4, -0.2) is 23.9 Å². The van der Waals surface area contributed by atoms with E-state index >= 15 is 4.39 Å². The third-order valence-electron chi connectivity index (χ3n) is 6.10. The van der Waals surface area contributed by atoms with Gasteiger partial charge in [-0.1, -0.05) is 60.0 Å². The standard InChI is InChI=1S/C28H31BrF2N2O2S/c1-4-23(29)25(26(31)18(2)3)27(28(35)32-20-11-6-5-7-12-20)33(21-13-8-10-19(30)16-21)24(34)17-22-14-9-15-36-22/h4,8-10,13-16,20,27H,1,5-7,11-12,17H2,2-3H3,(H,32,35)/b25-23-. The van der Waals surface area contributed by atoms with Gasteiger partial charge in [0.1, 0.15) is 17.7 Å². The van der Waals surface area contributed by atoms with Crippen molar-refractivity contribution in [2.24, 2.45) is 0 Å². The highest BCUT2D eigenvalue weighted by molar-refractivity contribution is 9.11. The van der Waals surface area contributed by atoms with Crippen LogP contribution in [-0.2, 0) is 16.0 Å². The Morgan fingerprint density at radius 2 is 1.94 bits per heavy atom. The molecule has 2 amide bonds. The summed E-state index contributed by atoms with van der Waals surface area (Å²) in [5.41, 5.74) is 0.482. The van der Waals surface area contributed by atoms with Gasteiger partial charge < -0.3 is 5.32 Å². The third kappa shape index (κ3) is 7.01. The van der Waals surface area contributed by atoms with Gasteiger partial charge in [0.25, 0.3) is 0 Å². The first-order chi connectivity index (χ1) is 17.2. The summed E-state index contributed by atoms with van der Waals surface area (Å²) in [6.07, 6.45) is 6.08. The minimum absolute atomic E-state index is 0.0170. The number of allylic oxidation sites excluding steroid dienone is 3. The van der Waals surface area contributed by atoms with Crippen LogP contribution in [0.5, 0.6) is 0 Å². The Hall–Kier alpha value is -2.58. The molecule has 1 aliphatic carbocycles. The maximum atomic E-state index is 15.8. The predicted molar refractivity (Wildman–Crippen MR) is 146 cm³/mol. The molecular formula is C28H31BrF2N2O2S. The van der Waals surface area contributed by atoms with Gasteiger partial charge in [-0.3, -0.25) is 14.5 Å². The van der Waals surface area contributed by atoms with Gasteiger partial charge in [0.15, 0.2) is 0 Å². The van der Waals surface area contributed by atoms with Gasteiger partial charge in [-0.15, -0.1) is 11.3 Å². The average molecular weight is 578 g/mol. The Kier molecular flexibility index (Phi) is 10.2. The molecule has 1 aliphatic rings. The molecule has 3 rings (SSSR count). The molecule has 4 nitrogen and oxygen atoms in total. The van der Waals surface area contributed by atoms with Crippen molar-refractivity contribution in [2.45, 2.75) is 64.5 Å². The van der Waals surface area contributed by atoms with E-state index in [0.29, 0.717) is 5.57 Å². The van der Waals surface area contributed by atoms with E-state index in [9.17, 15) is 14.0 Å². The number of benzene rings is 1. The molecule has 1 aromatic heterocycles. The van der Waals surface area contributed by atoms with Crippen LogP contribution in [0.15, 0.2) is 75.9 Å². The largest absolute Gasteiger partial charge is 0.351 e. The Bertz CT molecular complexity index is 1150. The van der Waals surface area contributed by atoms with Gasteiger partial charge in [0.05, 0.1) is 6.42 Å². The second-order valence-corrected chi connectivity index (χ2v) is 10.9. The molecule has 36 heavy (non-hydrogen) atoms. The van der Waals surface area contributed by atoms with Crippen molar-refractivity contribution >= 4 is 44.8 Å². The van der Waals surface area contributed by atoms with Gasteiger partial charge in [0, 0.05) is 26.7 Å². The molecule has 0 bridgehead atoms. The molecule has 1 N–H and O–H groups in total. The van der Waals surface area contributed by atoms with E-state index in [1.54, 1.807) is 19.9 Å². The second kappa shape index (κ2) is 13.1. The molecule has 1 saturated carbocycles. The van der Waals surface area contributed by atoms with Crippen LogP contribution in [0.2, 0.25) is 0 Å². The molecule has 0 spiro atoms. The van der Waals surface area contributed by atoms with E-state index in [1.165, 1.54) is 40.5 Å². The summed E-state index contributed by atoms with van der Waals surface area (Å²) in [7, 11) is 0. The second-order valence-electron chi connectivity index (χ2n) is 9.03. The first-order valence-electron chi connectivity index (χ1n) is 12.0. The number of amides is 2. The number of hydrogen-bond acceptors (Lipinski definition) is 3. The third-order valence-corrected chi connectivity index (χ3v) is 7.73. The van der Waals surface area contributed by atoms with Crippen molar-refractivity contribution < 1.29 is 18.4 Å². The van der Waals surface area contributed by atoms with E-state index in [-0.39, 0.29) is 28.2 Å². The lowest BCUT2D eigenvalue weighted by Crippen LogP contribution is -2.54. The van der Waals surface area contributed by atoms with Gasteiger partial charge >= 0.3 is 0 Å². The Morgan fingerprint density at radius 1 is 1.22 bits per heavy atom. The van der Waals surface area contributed by atoms with Gasteiger partial charge in [0.2, 0.25) is 11.8 Å². The number of hydrogen-bond donors (Lipinski definition) is 1. The maximum absolute atomic E-state index is 15.8. The molecule has 0 saturated heterocycles. The minimum Gasteiger partial charge on any atom is -0.351 e. The molecule has 8 heteroatoms. The van der Waals surface area contributed by atoms with Crippen molar-refractivity contribution in [2.75, 3.05) is 4.90 Å². The average Bonchev–Trinajstić information content (AvgIpc) is 3.36. The molecule has 0 radical (unpaired) electrons. The summed E-state index contributed by atoms with van der Waals surface area (Å²) < 4.78 is 30.4. The lowest BCUT2D eigenvalue weighted by atomic mass is 9.93. The lowest BCUT2D eigenvalue weighted by molar-refractivity contribution is -0.126. The van der Waals surface area contributed by atoms with Crippen LogP contribution in [0.25, 0.3) is 0 Å². The summed E-state index contributed by atoms with van der Waals surface area (Å²) in [5.74, 6) is -2.16. The zero-order chi connectivity index (χ0) is 26.2. The highest BCUT2D eigenvalue weighted by Gasteiger charge is 2.38. The first kappa shape index (κ1) is 28.0. The molecule has 1 heterocycles. The van der Waals surface area contributed by atoms with Crippen LogP contribution in [0.1, 0.15) is 50.8 Å². The lowest BCUT2D eigenvalue weighted by Gasteiger charge is -2.35. The quantitative estimate of drug-likeness (QED) is 0.316. The van der Waals surface area contributed by atoms with E-state index in [4.69, 9.17) is 0 Å². The molecule has 192 valence electrons.